The maximum absolute atomic E-state index is 6.11. The molecular formula is C47H62N4O+2. The number of benzene rings is 4. The molecule has 1 aliphatic carbocycles. The van der Waals surface area contributed by atoms with Crippen LogP contribution in [0.1, 0.15) is 86.5 Å². The molecule has 1 aromatic heterocycles. The normalized spacial score (nSPS) is 13.7. The Hall–Kier alpha value is -4.06. The Kier molecular flexibility index (Phi) is 11.5. The van der Waals surface area contributed by atoms with Crippen LogP contribution in [0.25, 0.3) is 45.2 Å². The molecule has 0 N–H and O–H groups in total. The lowest BCUT2D eigenvalue weighted by atomic mass is 9.70. The van der Waals surface area contributed by atoms with E-state index in [4.69, 9.17) is 4.42 Å². The molecule has 0 radical (unpaired) electrons. The molecule has 0 fully saturated rings. The van der Waals surface area contributed by atoms with Crippen LogP contribution >= 0.6 is 0 Å². The Bertz CT molecular complexity index is 1900. The maximum atomic E-state index is 6.11. The van der Waals surface area contributed by atoms with Crippen LogP contribution in [0, 0.1) is 13.8 Å². The molecule has 0 amide bonds. The fraction of sp³-hybridized carbons (Fsp3) is 0.447. The van der Waals surface area contributed by atoms with Gasteiger partial charge in [-0.05, 0) is 116 Å². The second-order valence-corrected chi connectivity index (χ2v) is 17.6. The third kappa shape index (κ3) is 9.11. The molecule has 0 saturated carbocycles. The molecular weight excluding hydrogens is 637 g/mol. The lowest BCUT2D eigenvalue weighted by Gasteiger charge is -2.33. The van der Waals surface area contributed by atoms with Crippen molar-refractivity contribution in [3.8, 4) is 45.2 Å². The van der Waals surface area contributed by atoms with E-state index in [1.807, 2.05) is 12.1 Å². The fourth-order valence-electron chi connectivity index (χ4n) is 8.14. The number of hydrogen-bond acceptors (Lipinski definition) is 3. The quantitative estimate of drug-likeness (QED) is 0.0717. The van der Waals surface area contributed by atoms with Crippen LogP contribution in [0.15, 0.2) is 89.3 Å². The van der Waals surface area contributed by atoms with Gasteiger partial charge in [0.1, 0.15) is 0 Å². The molecule has 274 valence electrons. The SMILES string of the molecule is Cc1ccc(-c2nnc(-c3ccc(-c4ccc5c(c4)C(CCCCCC[N+](C)(C)C)(CCCCCC[N+](C)(C)C)c4cc(C)ccc4-5)cc3)o2)cc1. The fourth-order valence-corrected chi connectivity index (χ4v) is 8.14. The van der Waals surface area contributed by atoms with Gasteiger partial charge in [0.25, 0.3) is 0 Å². The first-order chi connectivity index (χ1) is 24.8. The summed E-state index contributed by atoms with van der Waals surface area (Å²) >= 11 is 0. The second-order valence-electron chi connectivity index (χ2n) is 17.6. The minimum Gasteiger partial charge on any atom is -0.416 e. The zero-order valence-electron chi connectivity index (χ0n) is 33.3. The highest BCUT2D eigenvalue weighted by atomic mass is 16.4. The predicted molar refractivity (Wildman–Crippen MR) is 218 cm³/mol. The molecule has 1 heterocycles. The molecule has 5 nitrogen and oxygen atoms in total. The van der Waals surface area contributed by atoms with Gasteiger partial charge in [-0.15, -0.1) is 10.2 Å². The molecule has 52 heavy (non-hydrogen) atoms. The Morgan fingerprint density at radius 3 is 1.42 bits per heavy atom. The molecule has 0 spiro atoms. The van der Waals surface area contributed by atoms with E-state index in [9.17, 15) is 0 Å². The van der Waals surface area contributed by atoms with Crippen molar-refractivity contribution in [2.45, 2.75) is 83.5 Å². The number of unbranched alkanes of at least 4 members (excludes halogenated alkanes) is 6. The van der Waals surface area contributed by atoms with Crippen molar-refractivity contribution < 1.29 is 13.4 Å². The highest BCUT2D eigenvalue weighted by molar-refractivity contribution is 5.84. The van der Waals surface area contributed by atoms with Crippen LogP contribution in [0.3, 0.4) is 0 Å². The van der Waals surface area contributed by atoms with Crippen LogP contribution in [0.5, 0.6) is 0 Å². The number of rotatable bonds is 17. The van der Waals surface area contributed by atoms with Crippen molar-refractivity contribution in [3.63, 3.8) is 0 Å². The van der Waals surface area contributed by atoms with Gasteiger partial charge < -0.3 is 13.4 Å². The number of hydrogen-bond donors (Lipinski definition) is 0. The van der Waals surface area contributed by atoms with Crippen molar-refractivity contribution in [2.24, 2.45) is 0 Å². The summed E-state index contributed by atoms with van der Waals surface area (Å²) < 4.78 is 8.20. The van der Waals surface area contributed by atoms with Gasteiger partial charge in [-0.2, -0.15) is 0 Å². The summed E-state index contributed by atoms with van der Waals surface area (Å²) in [4.78, 5) is 0. The van der Waals surface area contributed by atoms with Crippen molar-refractivity contribution in [2.75, 3.05) is 55.4 Å². The first-order valence-electron chi connectivity index (χ1n) is 19.7. The lowest BCUT2D eigenvalue weighted by Crippen LogP contribution is -2.35. The monoisotopic (exact) mass is 698 g/mol. The van der Waals surface area contributed by atoms with Gasteiger partial charge in [-0.1, -0.05) is 91.4 Å². The molecule has 0 atom stereocenters. The zero-order valence-corrected chi connectivity index (χ0v) is 33.3. The first kappa shape index (κ1) is 37.7. The molecule has 0 saturated heterocycles. The van der Waals surface area contributed by atoms with Gasteiger partial charge in [-0.3, -0.25) is 0 Å². The summed E-state index contributed by atoms with van der Waals surface area (Å²) in [7, 11) is 13.9. The predicted octanol–water partition coefficient (Wildman–Crippen LogP) is 11.3. The smallest absolute Gasteiger partial charge is 0.248 e. The van der Waals surface area contributed by atoms with E-state index in [1.54, 1.807) is 5.56 Å². The van der Waals surface area contributed by atoms with Crippen molar-refractivity contribution in [1.82, 2.24) is 10.2 Å². The first-order valence-corrected chi connectivity index (χ1v) is 19.7. The Morgan fingerprint density at radius 1 is 0.462 bits per heavy atom. The topological polar surface area (TPSA) is 38.9 Å². The largest absolute Gasteiger partial charge is 0.416 e. The van der Waals surface area contributed by atoms with Crippen molar-refractivity contribution in [3.05, 3.63) is 107 Å². The molecule has 6 rings (SSSR count). The van der Waals surface area contributed by atoms with Crippen LogP contribution in [0.2, 0.25) is 0 Å². The summed E-state index contributed by atoms with van der Waals surface area (Å²) in [6, 6.07) is 31.4. The Morgan fingerprint density at radius 2 is 0.885 bits per heavy atom. The standard InChI is InChI=1S/C47H62N4O/c1-35-17-20-38(21-18-35)45-48-49-46(52-45)39-24-22-37(23-25-39)40-26-28-42-41-27-19-36(2)33-43(41)47(44(42)34-40,29-13-9-11-15-31-50(3,4)5)30-14-10-12-16-32-51(6,7)8/h17-28,33-34H,9-16,29-32H2,1-8H3/q+2. The van der Waals surface area contributed by atoms with Gasteiger partial charge in [0, 0.05) is 16.5 Å². The maximum Gasteiger partial charge on any atom is 0.248 e. The number of fused-ring (bicyclic) bond motifs is 3. The van der Waals surface area contributed by atoms with Crippen LogP contribution in [-0.4, -0.2) is 74.5 Å². The molecule has 5 heteroatoms. The van der Waals surface area contributed by atoms with E-state index < -0.39 is 0 Å². The van der Waals surface area contributed by atoms with E-state index in [0.29, 0.717) is 11.8 Å². The summed E-state index contributed by atoms with van der Waals surface area (Å²) in [5.74, 6) is 1.09. The highest BCUT2D eigenvalue weighted by Gasteiger charge is 2.42. The summed E-state index contributed by atoms with van der Waals surface area (Å²) in [6.07, 6.45) is 12.8. The third-order valence-corrected chi connectivity index (χ3v) is 11.1. The molecule has 0 bridgehead atoms. The van der Waals surface area contributed by atoms with E-state index in [0.717, 1.165) is 20.1 Å². The van der Waals surface area contributed by atoms with E-state index in [-0.39, 0.29) is 5.41 Å². The highest BCUT2D eigenvalue weighted by Crippen LogP contribution is 2.55. The van der Waals surface area contributed by atoms with E-state index in [2.05, 4.69) is 139 Å². The molecule has 1 aliphatic rings. The molecule has 0 aliphatic heterocycles. The van der Waals surface area contributed by atoms with Gasteiger partial charge >= 0.3 is 0 Å². The van der Waals surface area contributed by atoms with Gasteiger partial charge in [0.05, 0.1) is 55.4 Å². The molecule has 0 unspecified atom stereocenters. The Labute approximate surface area is 313 Å². The summed E-state index contributed by atoms with van der Waals surface area (Å²) in [6.45, 7) is 6.83. The average molecular weight is 699 g/mol. The van der Waals surface area contributed by atoms with Crippen LogP contribution in [0.4, 0.5) is 0 Å². The van der Waals surface area contributed by atoms with Gasteiger partial charge in [0.15, 0.2) is 0 Å². The minimum absolute atomic E-state index is 0.0446. The Balaban J connectivity index is 1.27. The van der Waals surface area contributed by atoms with E-state index in [1.165, 1.54) is 116 Å². The zero-order chi connectivity index (χ0) is 36.9. The average Bonchev–Trinajstić information content (AvgIpc) is 3.69. The molecule has 5 aromatic rings. The number of aromatic nitrogens is 2. The summed E-state index contributed by atoms with van der Waals surface area (Å²) in [5, 5.41) is 8.72. The van der Waals surface area contributed by atoms with Crippen LogP contribution in [-0.2, 0) is 5.41 Å². The van der Waals surface area contributed by atoms with Crippen molar-refractivity contribution >= 4 is 0 Å². The number of quaternary nitrogens is 2. The second kappa shape index (κ2) is 15.9. The minimum atomic E-state index is 0.0446. The molecule has 4 aromatic carbocycles. The third-order valence-electron chi connectivity index (χ3n) is 11.1. The van der Waals surface area contributed by atoms with Gasteiger partial charge in [-0.25, -0.2) is 0 Å². The number of aryl methyl sites for hydroxylation is 2. The lowest BCUT2D eigenvalue weighted by molar-refractivity contribution is -0.870. The van der Waals surface area contributed by atoms with Gasteiger partial charge in [0.2, 0.25) is 11.8 Å². The summed E-state index contributed by atoms with van der Waals surface area (Å²) in [5.41, 5.74) is 12.9. The van der Waals surface area contributed by atoms with Crippen LogP contribution < -0.4 is 0 Å². The van der Waals surface area contributed by atoms with Crippen molar-refractivity contribution in [1.29, 1.82) is 0 Å². The van der Waals surface area contributed by atoms with E-state index >= 15 is 0 Å². The number of nitrogens with zero attached hydrogens (tertiary/aromatic N) is 4.